The predicted molar refractivity (Wildman–Crippen MR) is 98.2 cm³/mol. The quantitative estimate of drug-likeness (QED) is 0.610. The fraction of sp³-hybridized carbons (Fsp3) is 0.353. The van der Waals surface area contributed by atoms with Crippen LogP contribution in [-0.2, 0) is 0 Å². The maximum absolute atomic E-state index is 12.4. The molecule has 0 spiro atoms. The van der Waals surface area contributed by atoms with E-state index in [-0.39, 0.29) is 5.76 Å². The first kappa shape index (κ1) is 18.2. The summed E-state index contributed by atoms with van der Waals surface area (Å²) in [6.45, 7) is 6.91. The SMILES string of the molecule is CC[NH+]1CCN(c2c(Cl)cccc2NC(=O)c2ccc([N+](=O)[O-])o2)CC1. The van der Waals surface area contributed by atoms with Gasteiger partial charge in [0.05, 0.1) is 55.2 Å². The van der Waals surface area contributed by atoms with E-state index in [9.17, 15) is 14.9 Å². The summed E-state index contributed by atoms with van der Waals surface area (Å²) in [6, 6.07) is 7.72. The zero-order valence-electron chi connectivity index (χ0n) is 14.3. The Kier molecular flexibility index (Phi) is 5.43. The number of nitrogens with one attached hydrogen (secondary N) is 2. The Morgan fingerprint density at radius 1 is 1.35 bits per heavy atom. The van der Waals surface area contributed by atoms with E-state index in [2.05, 4.69) is 17.1 Å². The molecule has 1 saturated heterocycles. The molecule has 1 amide bonds. The number of nitrogens with zero attached hydrogens (tertiary/aromatic N) is 2. The van der Waals surface area contributed by atoms with Gasteiger partial charge in [-0.15, -0.1) is 0 Å². The number of furan rings is 1. The number of benzene rings is 1. The average Bonchev–Trinajstić information content (AvgIpc) is 3.13. The minimum Gasteiger partial charge on any atom is -0.395 e. The highest BCUT2D eigenvalue weighted by molar-refractivity contribution is 6.34. The average molecular weight is 380 g/mol. The lowest BCUT2D eigenvalue weighted by atomic mass is 10.2. The Morgan fingerprint density at radius 2 is 2.08 bits per heavy atom. The summed E-state index contributed by atoms with van der Waals surface area (Å²) in [6.07, 6.45) is 0. The molecule has 2 aromatic rings. The number of likely N-dealkylation sites (N-methyl/N-ethyl adjacent to an activating group) is 1. The summed E-state index contributed by atoms with van der Waals surface area (Å²) in [4.78, 5) is 26.1. The number of quaternary nitrogens is 1. The zero-order valence-corrected chi connectivity index (χ0v) is 15.1. The molecule has 0 saturated carbocycles. The van der Waals surface area contributed by atoms with Crippen LogP contribution in [0.4, 0.5) is 17.3 Å². The molecule has 0 atom stereocenters. The standard InChI is InChI=1S/C17H19ClN4O4/c1-2-20-8-10-21(11-9-20)16-12(18)4-3-5-13(16)19-17(23)14-6-7-15(26-14)22(24)25/h3-7H,2,8-11H2,1H3,(H,19,23)/p+1. The van der Waals surface area contributed by atoms with E-state index in [1.165, 1.54) is 11.0 Å². The van der Waals surface area contributed by atoms with Crippen LogP contribution in [-0.4, -0.2) is 43.6 Å². The minimum absolute atomic E-state index is 0.122. The number of carbonyl (C=O) groups excluding carboxylic acids is 1. The normalized spacial score (nSPS) is 15.1. The molecular weight excluding hydrogens is 360 g/mol. The van der Waals surface area contributed by atoms with E-state index in [1.807, 2.05) is 0 Å². The summed E-state index contributed by atoms with van der Waals surface area (Å²) < 4.78 is 4.96. The zero-order chi connectivity index (χ0) is 18.7. The second kappa shape index (κ2) is 7.76. The summed E-state index contributed by atoms with van der Waals surface area (Å²) in [5, 5.41) is 14.0. The molecule has 26 heavy (non-hydrogen) atoms. The van der Waals surface area contributed by atoms with Crippen molar-refractivity contribution < 1.29 is 19.0 Å². The van der Waals surface area contributed by atoms with E-state index in [4.69, 9.17) is 16.0 Å². The molecule has 138 valence electrons. The molecule has 8 nitrogen and oxygen atoms in total. The van der Waals surface area contributed by atoms with Crippen LogP contribution in [0.15, 0.2) is 34.7 Å². The molecule has 1 aromatic carbocycles. The van der Waals surface area contributed by atoms with E-state index < -0.39 is 16.7 Å². The largest absolute Gasteiger partial charge is 0.433 e. The number of piperazine rings is 1. The van der Waals surface area contributed by atoms with Crippen LogP contribution in [0.5, 0.6) is 0 Å². The Labute approximate surface area is 155 Å². The van der Waals surface area contributed by atoms with Gasteiger partial charge in [-0.25, -0.2) is 0 Å². The number of hydrogen-bond donors (Lipinski definition) is 2. The Balaban J connectivity index is 1.80. The van der Waals surface area contributed by atoms with Gasteiger partial charge in [-0.05, 0) is 25.1 Å². The van der Waals surface area contributed by atoms with Gasteiger partial charge < -0.3 is 19.5 Å². The molecule has 2 N–H and O–H groups in total. The van der Waals surface area contributed by atoms with Gasteiger partial charge in [-0.1, -0.05) is 17.7 Å². The van der Waals surface area contributed by atoms with Crippen molar-refractivity contribution in [1.29, 1.82) is 0 Å². The minimum atomic E-state index is -0.683. The smallest absolute Gasteiger partial charge is 0.395 e. The Morgan fingerprint density at radius 3 is 2.69 bits per heavy atom. The highest BCUT2D eigenvalue weighted by atomic mass is 35.5. The van der Waals surface area contributed by atoms with Crippen molar-refractivity contribution in [3.05, 3.63) is 51.2 Å². The number of anilines is 2. The van der Waals surface area contributed by atoms with Crippen molar-refractivity contribution in [3.8, 4) is 0 Å². The number of hydrogen-bond acceptors (Lipinski definition) is 5. The third-order valence-corrected chi connectivity index (χ3v) is 4.82. The van der Waals surface area contributed by atoms with Crippen molar-refractivity contribution in [2.45, 2.75) is 6.92 Å². The van der Waals surface area contributed by atoms with Crippen molar-refractivity contribution in [1.82, 2.24) is 0 Å². The van der Waals surface area contributed by atoms with Crippen LogP contribution in [0.2, 0.25) is 5.02 Å². The fourth-order valence-corrected chi connectivity index (χ4v) is 3.36. The van der Waals surface area contributed by atoms with Gasteiger partial charge in [0.25, 0.3) is 5.91 Å². The maximum Gasteiger partial charge on any atom is 0.433 e. The summed E-state index contributed by atoms with van der Waals surface area (Å²) in [5.74, 6) is -1.15. The number of halogens is 1. The topological polar surface area (TPSA) is 93.1 Å². The summed E-state index contributed by atoms with van der Waals surface area (Å²) in [5.41, 5.74) is 1.32. The molecule has 1 aromatic heterocycles. The van der Waals surface area contributed by atoms with Crippen molar-refractivity contribution in [2.24, 2.45) is 0 Å². The van der Waals surface area contributed by atoms with Crippen LogP contribution in [0, 0.1) is 10.1 Å². The van der Waals surface area contributed by atoms with Gasteiger partial charge >= 0.3 is 5.88 Å². The van der Waals surface area contributed by atoms with E-state index in [1.54, 1.807) is 18.2 Å². The second-order valence-corrected chi connectivity index (χ2v) is 6.48. The first-order chi connectivity index (χ1) is 12.5. The monoisotopic (exact) mass is 379 g/mol. The van der Waals surface area contributed by atoms with Gasteiger partial charge in [0.2, 0.25) is 0 Å². The highest BCUT2D eigenvalue weighted by Crippen LogP contribution is 2.34. The van der Waals surface area contributed by atoms with Crippen LogP contribution < -0.4 is 15.1 Å². The van der Waals surface area contributed by atoms with Gasteiger partial charge in [0.15, 0.2) is 5.76 Å². The van der Waals surface area contributed by atoms with Gasteiger partial charge in [-0.2, -0.15) is 0 Å². The third-order valence-electron chi connectivity index (χ3n) is 4.52. The maximum atomic E-state index is 12.4. The Bertz CT molecular complexity index is 815. The first-order valence-electron chi connectivity index (χ1n) is 8.42. The van der Waals surface area contributed by atoms with Crippen LogP contribution in [0.3, 0.4) is 0 Å². The summed E-state index contributed by atoms with van der Waals surface area (Å²) >= 11 is 6.40. The van der Waals surface area contributed by atoms with Crippen LogP contribution in [0.25, 0.3) is 0 Å². The molecule has 0 aliphatic carbocycles. The first-order valence-corrected chi connectivity index (χ1v) is 8.80. The van der Waals surface area contributed by atoms with E-state index in [0.717, 1.165) is 44.5 Å². The molecule has 2 heterocycles. The number of para-hydroxylation sites is 1. The van der Waals surface area contributed by atoms with Gasteiger partial charge in [0, 0.05) is 0 Å². The lowest BCUT2D eigenvalue weighted by Crippen LogP contribution is -3.14. The predicted octanol–water partition coefficient (Wildman–Crippen LogP) is 1.82. The lowest BCUT2D eigenvalue weighted by Gasteiger charge is -2.34. The number of carbonyl (C=O) groups is 1. The van der Waals surface area contributed by atoms with Crippen molar-refractivity contribution >= 4 is 34.8 Å². The van der Waals surface area contributed by atoms with Crippen molar-refractivity contribution in [3.63, 3.8) is 0 Å². The molecule has 1 aliphatic rings. The van der Waals surface area contributed by atoms with E-state index >= 15 is 0 Å². The Hall–Kier alpha value is -2.58. The second-order valence-electron chi connectivity index (χ2n) is 6.08. The number of amides is 1. The molecule has 0 radical (unpaired) electrons. The van der Waals surface area contributed by atoms with Gasteiger partial charge in [-0.3, -0.25) is 14.9 Å². The van der Waals surface area contributed by atoms with Crippen LogP contribution in [0.1, 0.15) is 17.5 Å². The molecule has 1 fully saturated rings. The molecule has 3 rings (SSSR count). The molecule has 1 aliphatic heterocycles. The lowest BCUT2D eigenvalue weighted by molar-refractivity contribution is -0.898. The number of rotatable bonds is 5. The molecule has 0 bridgehead atoms. The molecule has 9 heteroatoms. The third kappa shape index (κ3) is 3.81. The fourth-order valence-electron chi connectivity index (χ4n) is 3.07. The van der Waals surface area contributed by atoms with Crippen LogP contribution >= 0.6 is 11.6 Å². The number of nitro groups is 1. The summed E-state index contributed by atoms with van der Waals surface area (Å²) in [7, 11) is 0. The highest BCUT2D eigenvalue weighted by Gasteiger charge is 2.24. The molecule has 0 unspecified atom stereocenters. The van der Waals surface area contributed by atoms with E-state index in [0.29, 0.717) is 10.7 Å². The molecular formula is C17H20ClN4O4+. The van der Waals surface area contributed by atoms with Crippen molar-refractivity contribution in [2.75, 3.05) is 42.9 Å². The van der Waals surface area contributed by atoms with Gasteiger partial charge in [0.1, 0.15) is 4.92 Å².